The summed E-state index contributed by atoms with van der Waals surface area (Å²) < 4.78 is 13.8. The van der Waals surface area contributed by atoms with Gasteiger partial charge in [0.05, 0.1) is 54.5 Å². The van der Waals surface area contributed by atoms with E-state index >= 15 is 0 Å². The van der Waals surface area contributed by atoms with Crippen molar-refractivity contribution < 1.29 is 14.6 Å². The van der Waals surface area contributed by atoms with Crippen LogP contribution in [-0.2, 0) is 16.5 Å². The van der Waals surface area contributed by atoms with Crippen LogP contribution in [0.4, 0.5) is 5.82 Å². The van der Waals surface area contributed by atoms with Crippen molar-refractivity contribution in [3.8, 4) is 5.69 Å². The van der Waals surface area contributed by atoms with Crippen LogP contribution in [0.3, 0.4) is 0 Å². The molecular weight excluding hydrogens is 496 g/mol. The average molecular weight is 531 g/mol. The Hall–Kier alpha value is -4.41. The van der Waals surface area contributed by atoms with Gasteiger partial charge in [-0.2, -0.15) is 0 Å². The fraction of sp³-hybridized carbons (Fsp3) is 0.276. The number of likely N-dealkylation sites (N-methyl/N-ethyl adjacent to an activating group) is 1. The second kappa shape index (κ2) is 11.5. The summed E-state index contributed by atoms with van der Waals surface area (Å²) in [5, 5.41) is 10.3. The summed E-state index contributed by atoms with van der Waals surface area (Å²) in [5.74, 6) is 1.21. The number of hydrogen-bond donors (Lipinski definition) is 2. The highest BCUT2D eigenvalue weighted by Gasteiger charge is 2.19. The SMILES string of the molecule is C=C(CO)/C(=C\C(=C/N)c1ccc2ncc3c(c2c1)n(-c1ccc(N(C)CCOC)nc1C)c(=O)n3C)OC. The number of aromatic nitrogens is 4. The highest BCUT2D eigenvalue weighted by Crippen LogP contribution is 2.30. The molecule has 0 fully saturated rings. The number of allylic oxidation sites excluding steroid dienone is 2. The molecule has 0 bridgehead atoms. The third kappa shape index (κ3) is 5.16. The molecule has 0 aliphatic heterocycles. The summed E-state index contributed by atoms with van der Waals surface area (Å²) >= 11 is 0. The molecule has 0 saturated carbocycles. The molecule has 0 saturated heterocycles. The van der Waals surface area contributed by atoms with Gasteiger partial charge in [0, 0.05) is 50.5 Å². The van der Waals surface area contributed by atoms with E-state index in [9.17, 15) is 9.90 Å². The van der Waals surface area contributed by atoms with Crippen molar-refractivity contribution in [1.29, 1.82) is 0 Å². The largest absolute Gasteiger partial charge is 0.496 e. The fourth-order valence-corrected chi connectivity index (χ4v) is 4.48. The number of anilines is 1. The summed E-state index contributed by atoms with van der Waals surface area (Å²) in [6, 6.07) is 9.54. The monoisotopic (exact) mass is 530 g/mol. The number of aliphatic hydroxyl groups excluding tert-OH is 1. The number of nitrogens with zero attached hydrogens (tertiary/aromatic N) is 5. The van der Waals surface area contributed by atoms with Gasteiger partial charge >= 0.3 is 5.69 Å². The number of rotatable bonds is 10. The number of hydrogen-bond acceptors (Lipinski definition) is 8. The molecule has 0 radical (unpaired) electrons. The zero-order chi connectivity index (χ0) is 28.3. The van der Waals surface area contributed by atoms with Crippen LogP contribution in [-0.4, -0.2) is 65.2 Å². The van der Waals surface area contributed by atoms with Crippen LogP contribution in [0.25, 0.3) is 33.2 Å². The Morgan fingerprint density at radius 1 is 1.26 bits per heavy atom. The smallest absolute Gasteiger partial charge is 0.333 e. The molecule has 39 heavy (non-hydrogen) atoms. The Kier molecular flexibility index (Phi) is 8.18. The molecule has 3 aromatic heterocycles. The topological polar surface area (TPSA) is 121 Å². The van der Waals surface area contributed by atoms with E-state index in [0.29, 0.717) is 52.5 Å². The maximum absolute atomic E-state index is 13.6. The highest BCUT2D eigenvalue weighted by atomic mass is 16.5. The van der Waals surface area contributed by atoms with Gasteiger partial charge in [0.2, 0.25) is 0 Å². The predicted octanol–water partition coefficient (Wildman–Crippen LogP) is 3.04. The zero-order valence-electron chi connectivity index (χ0n) is 22.9. The Balaban J connectivity index is 1.93. The lowest BCUT2D eigenvalue weighted by molar-refractivity contribution is 0.206. The molecule has 3 heterocycles. The predicted molar refractivity (Wildman–Crippen MR) is 155 cm³/mol. The lowest BCUT2D eigenvalue weighted by Crippen LogP contribution is -2.24. The van der Waals surface area contributed by atoms with Crippen LogP contribution in [0, 0.1) is 6.92 Å². The fourth-order valence-electron chi connectivity index (χ4n) is 4.48. The number of ether oxygens (including phenoxy) is 2. The van der Waals surface area contributed by atoms with E-state index < -0.39 is 0 Å². The molecule has 0 spiro atoms. The average Bonchev–Trinajstić information content (AvgIpc) is 3.21. The van der Waals surface area contributed by atoms with E-state index in [1.165, 1.54) is 13.3 Å². The number of pyridine rings is 2. The van der Waals surface area contributed by atoms with Gasteiger partial charge in [-0.1, -0.05) is 12.6 Å². The molecule has 3 N–H and O–H groups in total. The van der Waals surface area contributed by atoms with Crippen molar-refractivity contribution in [2.24, 2.45) is 12.8 Å². The number of fused-ring (bicyclic) bond motifs is 3. The Bertz CT molecular complexity index is 1660. The Morgan fingerprint density at radius 2 is 2.03 bits per heavy atom. The van der Waals surface area contributed by atoms with E-state index in [2.05, 4.69) is 11.6 Å². The molecule has 4 aromatic rings. The van der Waals surface area contributed by atoms with Crippen LogP contribution in [0.1, 0.15) is 11.3 Å². The quantitative estimate of drug-likeness (QED) is 0.237. The minimum atomic E-state index is -0.246. The van der Waals surface area contributed by atoms with Crippen LogP contribution in [0.5, 0.6) is 0 Å². The maximum Gasteiger partial charge on any atom is 0.333 e. The van der Waals surface area contributed by atoms with E-state index in [0.717, 1.165) is 22.3 Å². The van der Waals surface area contributed by atoms with Crippen LogP contribution >= 0.6 is 0 Å². The number of benzene rings is 1. The van der Waals surface area contributed by atoms with E-state index in [1.807, 2.05) is 49.2 Å². The van der Waals surface area contributed by atoms with Gasteiger partial charge in [-0.25, -0.2) is 9.78 Å². The summed E-state index contributed by atoms with van der Waals surface area (Å²) in [6.45, 7) is 6.76. The number of imidazole rings is 1. The number of nitrogens with two attached hydrogens (primary N) is 1. The van der Waals surface area contributed by atoms with Crippen molar-refractivity contribution in [2.45, 2.75) is 6.92 Å². The van der Waals surface area contributed by atoms with Crippen LogP contribution in [0.15, 0.2) is 71.5 Å². The molecule has 0 unspecified atom stereocenters. The lowest BCUT2D eigenvalue weighted by atomic mass is 10.0. The second-order valence-corrected chi connectivity index (χ2v) is 9.19. The van der Waals surface area contributed by atoms with Gasteiger partial charge < -0.3 is 25.2 Å². The standard InChI is InChI=1S/C29H34N6O4/c1-18(17-36)26(39-6)14-21(15-30)20-7-8-23-22(13-20)28-25(16-31-23)34(4)29(37)35(28)24-9-10-27(32-19(24)2)33(3)11-12-38-5/h7-10,13-16,36H,1,11-12,17,30H2,2-6H3/b21-15+,26-14+. The zero-order valence-corrected chi connectivity index (χ0v) is 22.9. The summed E-state index contributed by atoms with van der Waals surface area (Å²) in [5.41, 5.74) is 11.2. The van der Waals surface area contributed by atoms with Crippen molar-refractivity contribution in [3.05, 3.63) is 88.5 Å². The first-order valence-electron chi connectivity index (χ1n) is 12.4. The van der Waals surface area contributed by atoms with E-state index in [-0.39, 0.29) is 12.3 Å². The first-order valence-corrected chi connectivity index (χ1v) is 12.4. The number of aliphatic hydroxyl groups is 1. The maximum atomic E-state index is 13.6. The van der Waals surface area contributed by atoms with Crippen molar-refractivity contribution >= 4 is 33.3 Å². The molecular formula is C29H34N6O4. The van der Waals surface area contributed by atoms with E-state index in [4.69, 9.17) is 20.2 Å². The molecule has 0 amide bonds. The van der Waals surface area contributed by atoms with Gasteiger partial charge in [0.15, 0.2) is 0 Å². The lowest BCUT2D eigenvalue weighted by Gasteiger charge is -2.19. The molecule has 4 rings (SSSR count). The van der Waals surface area contributed by atoms with E-state index in [1.54, 1.807) is 35.6 Å². The summed E-state index contributed by atoms with van der Waals surface area (Å²) in [4.78, 5) is 25.0. The normalized spacial score (nSPS) is 12.4. The molecule has 10 heteroatoms. The third-order valence-corrected chi connectivity index (χ3v) is 6.75. The van der Waals surface area contributed by atoms with Crippen molar-refractivity contribution in [3.63, 3.8) is 0 Å². The molecule has 204 valence electrons. The Morgan fingerprint density at radius 3 is 2.67 bits per heavy atom. The highest BCUT2D eigenvalue weighted by molar-refractivity contribution is 6.04. The van der Waals surface area contributed by atoms with Gasteiger partial charge in [0.1, 0.15) is 11.6 Å². The molecule has 10 nitrogen and oxygen atoms in total. The molecule has 0 atom stereocenters. The third-order valence-electron chi connectivity index (χ3n) is 6.75. The Labute approximate surface area is 226 Å². The molecule has 1 aromatic carbocycles. The molecule has 0 aliphatic rings. The first kappa shape index (κ1) is 27.6. The van der Waals surface area contributed by atoms with Gasteiger partial charge in [0.25, 0.3) is 0 Å². The minimum absolute atomic E-state index is 0.203. The first-order chi connectivity index (χ1) is 18.7. The summed E-state index contributed by atoms with van der Waals surface area (Å²) in [6.07, 6.45) is 4.89. The van der Waals surface area contributed by atoms with Crippen LogP contribution in [0.2, 0.25) is 0 Å². The van der Waals surface area contributed by atoms with Crippen LogP contribution < -0.4 is 16.3 Å². The number of methoxy groups -OCH3 is 2. The van der Waals surface area contributed by atoms with Gasteiger partial charge in [-0.15, -0.1) is 0 Å². The second-order valence-electron chi connectivity index (χ2n) is 9.19. The molecule has 0 aliphatic carbocycles. The summed E-state index contributed by atoms with van der Waals surface area (Å²) in [7, 11) is 6.85. The van der Waals surface area contributed by atoms with Gasteiger partial charge in [-0.05, 0) is 42.8 Å². The van der Waals surface area contributed by atoms with Gasteiger partial charge in [-0.3, -0.25) is 14.1 Å². The van der Waals surface area contributed by atoms with Crippen molar-refractivity contribution in [1.82, 2.24) is 19.1 Å². The minimum Gasteiger partial charge on any atom is -0.496 e. The number of aryl methyl sites for hydroxylation is 2. The van der Waals surface area contributed by atoms with Crippen molar-refractivity contribution in [2.75, 3.05) is 45.9 Å².